The van der Waals surface area contributed by atoms with Crippen LogP contribution in [0, 0.1) is 19.3 Å². The first-order chi connectivity index (χ1) is 11.1. The largest absolute Gasteiger partial charge is 0.493 e. The van der Waals surface area contributed by atoms with Crippen LogP contribution in [-0.4, -0.2) is 34.8 Å². The van der Waals surface area contributed by atoms with Crippen molar-refractivity contribution in [2.75, 3.05) is 25.0 Å². The van der Waals surface area contributed by atoms with Crippen molar-refractivity contribution in [2.24, 2.45) is 5.10 Å². The Kier molecular flexibility index (Phi) is 9.74. The quantitative estimate of drug-likeness (QED) is 0.302. The first kappa shape index (κ1) is 22.9. The lowest BCUT2D eigenvalue weighted by Crippen LogP contribution is -2.13. The summed E-state index contributed by atoms with van der Waals surface area (Å²) >= 11 is 3.42. The van der Waals surface area contributed by atoms with Gasteiger partial charge >= 0.3 is 0 Å². The summed E-state index contributed by atoms with van der Waals surface area (Å²) < 4.78 is 12.7. The fourth-order valence-electron chi connectivity index (χ4n) is 1.68. The van der Waals surface area contributed by atoms with Crippen molar-refractivity contribution in [2.45, 2.75) is 6.92 Å². The van der Waals surface area contributed by atoms with E-state index in [1.165, 1.54) is 4.68 Å². The summed E-state index contributed by atoms with van der Waals surface area (Å²) in [5, 5.41) is 11.7. The van der Waals surface area contributed by atoms with E-state index in [4.69, 9.17) is 21.7 Å². The van der Waals surface area contributed by atoms with Gasteiger partial charge in [0.25, 0.3) is 5.95 Å². The number of terminal acetylenes is 1. The molecule has 0 aliphatic rings. The van der Waals surface area contributed by atoms with Crippen molar-refractivity contribution in [3.05, 3.63) is 28.0 Å². The summed E-state index contributed by atoms with van der Waals surface area (Å²) in [6, 6.07) is 3.58. The van der Waals surface area contributed by atoms with Crippen LogP contribution in [0.25, 0.3) is 0 Å². The van der Waals surface area contributed by atoms with Crippen LogP contribution in [0.2, 0.25) is 0 Å². The van der Waals surface area contributed by atoms with Crippen molar-refractivity contribution in [1.82, 2.24) is 14.9 Å². The first-order valence-corrected chi connectivity index (χ1v) is 7.26. The number of nitrogens with zero attached hydrogens (tertiary/aromatic N) is 4. The number of hydrogen-bond donors (Lipinski definition) is 2. The standard InChI is InChI=1S/C14H15BrN6O2.2ClH/c1-4-5-23-13-11(15)6-10(7-12(13)22-3)8-17-19-14-20-18-9(2)21(14)16;;/h1,6-8H,5,16H2,2-3H3,(H,19,20);2*1H/b17-8+;;. The molecule has 3 N–H and O–H groups in total. The highest BCUT2D eigenvalue weighted by atomic mass is 79.9. The summed E-state index contributed by atoms with van der Waals surface area (Å²) in [7, 11) is 1.54. The van der Waals surface area contributed by atoms with Crippen LogP contribution in [0.3, 0.4) is 0 Å². The lowest BCUT2D eigenvalue weighted by molar-refractivity contribution is 0.329. The van der Waals surface area contributed by atoms with Gasteiger partial charge in [-0.1, -0.05) is 5.92 Å². The number of hydrazone groups is 1. The van der Waals surface area contributed by atoms with Gasteiger partial charge in [-0.2, -0.15) is 5.10 Å². The third-order valence-electron chi connectivity index (χ3n) is 2.80. The highest BCUT2D eigenvalue weighted by Crippen LogP contribution is 2.36. The number of benzene rings is 1. The second-order valence-electron chi connectivity index (χ2n) is 4.34. The fourth-order valence-corrected chi connectivity index (χ4v) is 2.25. The summed E-state index contributed by atoms with van der Waals surface area (Å²) in [4.78, 5) is 0. The molecule has 0 aliphatic carbocycles. The molecule has 0 atom stereocenters. The van der Waals surface area contributed by atoms with Gasteiger partial charge in [0, 0.05) is 0 Å². The molecule has 1 aromatic heterocycles. The Morgan fingerprint density at radius 2 is 2.16 bits per heavy atom. The van der Waals surface area contributed by atoms with Crippen molar-refractivity contribution in [3.8, 4) is 23.8 Å². The molecule has 25 heavy (non-hydrogen) atoms. The van der Waals surface area contributed by atoms with Gasteiger partial charge in [0.05, 0.1) is 17.8 Å². The maximum Gasteiger partial charge on any atom is 0.263 e. The number of aromatic nitrogens is 3. The molecule has 0 amide bonds. The minimum Gasteiger partial charge on any atom is -0.493 e. The Hall–Kier alpha value is -2.15. The summed E-state index contributed by atoms with van der Waals surface area (Å²) in [5.41, 5.74) is 3.48. The molecule has 136 valence electrons. The molecule has 0 saturated carbocycles. The van der Waals surface area contributed by atoms with Gasteiger partial charge < -0.3 is 15.3 Å². The molecule has 0 fully saturated rings. The van der Waals surface area contributed by atoms with E-state index in [0.29, 0.717) is 27.7 Å². The van der Waals surface area contributed by atoms with Crippen LogP contribution in [0.4, 0.5) is 5.95 Å². The SMILES string of the molecule is C#CCOc1c(Br)cc(/C=N/Nc2nnc(C)n2N)cc1OC.Cl.Cl. The molecule has 2 aromatic rings. The Morgan fingerprint density at radius 3 is 2.72 bits per heavy atom. The maximum atomic E-state index is 5.71. The zero-order chi connectivity index (χ0) is 16.8. The number of nitrogen functional groups attached to an aromatic ring is 1. The molecule has 0 spiro atoms. The molecular formula is C14H17BrCl2N6O2. The Labute approximate surface area is 166 Å². The smallest absolute Gasteiger partial charge is 0.263 e. The molecule has 1 aromatic carbocycles. The molecule has 11 heteroatoms. The van der Waals surface area contributed by atoms with Gasteiger partial charge in [0.1, 0.15) is 6.61 Å². The first-order valence-electron chi connectivity index (χ1n) is 6.46. The molecule has 0 radical (unpaired) electrons. The van der Waals surface area contributed by atoms with Crippen LogP contribution in [0.15, 0.2) is 21.7 Å². The Morgan fingerprint density at radius 1 is 1.44 bits per heavy atom. The van der Waals surface area contributed by atoms with Gasteiger partial charge in [0.15, 0.2) is 17.3 Å². The zero-order valence-corrected chi connectivity index (χ0v) is 16.6. The Bertz CT molecular complexity index is 775. The maximum absolute atomic E-state index is 5.71. The average Bonchev–Trinajstić information content (AvgIpc) is 2.85. The lowest BCUT2D eigenvalue weighted by atomic mass is 10.2. The van der Waals surface area contributed by atoms with Crippen molar-refractivity contribution in [1.29, 1.82) is 0 Å². The van der Waals surface area contributed by atoms with E-state index >= 15 is 0 Å². The average molecular weight is 452 g/mol. The van der Waals surface area contributed by atoms with E-state index in [1.807, 2.05) is 6.07 Å². The van der Waals surface area contributed by atoms with Crippen molar-refractivity contribution in [3.63, 3.8) is 0 Å². The van der Waals surface area contributed by atoms with E-state index in [0.717, 1.165) is 5.56 Å². The van der Waals surface area contributed by atoms with Crippen LogP contribution in [0.1, 0.15) is 11.4 Å². The third-order valence-corrected chi connectivity index (χ3v) is 3.39. The number of nitrogens with one attached hydrogen (secondary N) is 1. The lowest BCUT2D eigenvalue weighted by Gasteiger charge is -2.11. The molecule has 2 rings (SSSR count). The number of rotatable bonds is 6. The second kappa shape index (κ2) is 10.7. The molecule has 1 heterocycles. The van der Waals surface area contributed by atoms with Gasteiger partial charge in [-0.25, -0.2) is 10.1 Å². The van der Waals surface area contributed by atoms with E-state index in [-0.39, 0.29) is 31.4 Å². The molecule has 0 bridgehead atoms. The Balaban J connectivity index is 0.00000288. The van der Waals surface area contributed by atoms with Crippen molar-refractivity contribution >= 4 is 52.9 Å². The monoisotopic (exact) mass is 450 g/mol. The topological polar surface area (TPSA) is 99.6 Å². The number of halogens is 3. The zero-order valence-electron chi connectivity index (χ0n) is 13.4. The number of methoxy groups -OCH3 is 1. The van der Waals surface area contributed by atoms with Gasteiger partial charge in [-0.3, -0.25) is 0 Å². The molecule has 8 nitrogen and oxygen atoms in total. The second-order valence-corrected chi connectivity index (χ2v) is 5.19. The summed E-state index contributed by atoms with van der Waals surface area (Å²) in [6.07, 6.45) is 6.78. The van der Waals surface area contributed by atoms with E-state index in [2.05, 4.69) is 42.6 Å². The van der Waals surface area contributed by atoms with Crippen LogP contribution in [-0.2, 0) is 0 Å². The van der Waals surface area contributed by atoms with Crippen LogP contribution < -0.4 is 20.7 Å². The number of nitrogens with two attached hydrogens (primary N) is 1. The van der Waals surface area contributed by atoms with Crippen LogP contribution in [0.5, 0.6) is 11.5 Å². The fraction of sp³-hybridized carbons (Fsp3) is 0.214. The molecule has 0 unspecified atom stereocenters. The van der Waals surface area contributed by atoms with Crippen molar-refractivity contribution < 1.29 is 9.47 Å². The summed E-state index contributed by atoms with van der Waals surface area (Å²) in [5.74, 6) is 10.1. The predicted molar refractivity (Wildman–Crippen MR) is 106 cm³/mol. The van der Waals surface area contributed by atoms with Gasteiger partial charge in [-0.05, 0) is 40.5 Å². The minimum atomic E-state index is 0. The molecule has 0 aliphatic heterocycles. The normalized spacial score (nSPS) is 9.68. The summed E-state index contributed by atoms with van der Waals surface area (Å²) in [6.45, 7) is 1.88. The number of ether oxygens (including phenoxy) is 2. The number of anilines is 1. The van der Waals surface area contributed by atoms with Gasteiger partial charge in [0.2, 0.25) is 0 Å². The predicted octanol–water partition coefficient (Wildman–Crippen LogP) is 2.37. The van der Waals surface area contributed by atoms with E-state index in [9.17, 15) is 0 Å². The number of hydrogen-bond acceptors (Lipinski definition) is 7. The van der Waals surface area contributed by atoms with E-state index in [1.54, 1.807) is 26.3 Å². The van der Waals surface area contributed by atoms with Gasteiger partial charge in [-0.15, -0.1) is 41.4 Å². The minimum absolute atomic E-state index is 0. The third kappa shape index (κ3) is 5.70. The highest BCUT2D eigenvalue weighted by molar-refractivity contribution is 9.10. The molecule has 0 saturated heterocycles. The van der Waals surface area contributed by atoms with E-state index < -0.39 is 0 Å². The number of aryl methyl sites for hydroxylation is 1. The highest BCUT2D eigenvalue weighted by Gasteiger charge is 2.11. The molecular weight excluding hydrogens is 435 g/mol. The van der Waals surface area contributed by atoms with Crippen LogP contribution >= 0.6 is 40.7 Å².